The van der Waals surface area contributed by atoms with Gasteiger partial charge in [0.25, 0.3) is 5.91 Å². The van der Waals surface area contributed by atoms with Crippen molar-refractivity contribution in [3.8, 4) is 11.5 Å². The Kier molecular flexibility index (Phi) is 7.62. The van der Waals surface area contributed by atoms with E-state index in [9.17, 15) is 24.3 Å². The lowest BCUT2D eigenvalue weighted by Gasteiger charge is -2.29. The van der Waals surface area contributed by atoms with Crippen LogP contribution in [0.2, 0.25) is 0 Å². The fraction of sp³-hybridized carbons (Fsp3) is 0.438. The molecule has 41 heavy (non-hydrogen) atoms. The van der Waals surface area contributed by atoms with Crippen molar-refractivity contribution >= 4 is 34.3 Å². The van der Waals surface area contributed by atoms with E-state index in [1.165, 1.54) is 0 Å². The number of likely N-dealkylation sites (tertiary alicyclic amines) is 1. The van der Waals surface area contributed by atoms with Crippen LogP contribution in [0.25, 0.3) is 10.9 Å². The number of nitrogens with one attached hydrogen (secondary N) is 2. The van der Waals surface area contributed by atoms with Crippen molar-refractivity contribution in [3.63, 3.8) is 0 Å². The summed E-state index contributed by atoms with van der Waals surface area (Å²) in [5.74, 6) is 0.114. The third-order valence-corrected chi connectivity index (χ3v) is 9.06. The predicted octanol–water partition coefficient (Wildman–Crippen LogP) is 4.01. The molecule has 3 N–H and O–H groups in total. The lowest BCUT2D eigenvalue weighted by atomic mass is 9.91. The molecular weight excluding hydrogens is 522 g/mol. The Morgan fingerprint density at radius 3 is 2.63 bits per heavy atom. The zero-order valence-corrected chi connectivity index (χ0v) is 22.9. The number of carbonyl (C=O) groups excluding carboxylic acids is 4. The van der Waals surface area contributed by atoms with E-state index >= 15 is 0 Å². The molecule has 9 nitrogen and oxygen atoms in total. The number of carbonyl (C=O) groups is 4. The van der Waals surface area contributed by atoms with Gasteiger partial charge in [-0.3, -0.25) is 19.2 Å². The molecule has 3 fully saturated rings. The zero-order valence-electron chi connectivity index (χ0n) is 22.9. The number of ether oxygens (including phenoxy) is 1. The fourth-order valence-electron chi connectivity index (χ4n) is 7.01. The van der Waals surface area contributed by atoms with Gasteiger partial charge in [-0.2, -0.15) is 0 Å². The van der Waals surface area contributed by atoms with Crippen molar-refractivity contribution in [2.45, 2.75) is 57.0 Å². The molecule has 1 saturated heterocycles. The number of Topliss-reactive ketones (excluding diaryl/α,β-unsaturated/α-hetero) is 2. The van der Waals surface area contributed by atoms with Gasteiger partial charge in [-0.25, -0.2) is 0 Å². The summed E-state index contributed by atoms with van der Waals surface area (Å²) in [7, 11) is 0. The summed E-state index contributed by atoms with van der Waals surface area (Å²) >= 11 is 0. The Labute approximate surface area is 238 Å². The Morgan fingerprint density at radius 1 is 1.05 bits per heavy atom. The lowest BCUT2D eigenvalue weighted by Crippen LogP contribution is -2.53. The number of rotatable bonds is 9. The predicted molar refractivity (Wildman–Crippen MR) is 151 cm³/mol. The van der Waals surface area contributed by atoms with Gasteiger partial charge in [-0.05, 0) is 74.3 Å². The molecule has 2 aliphatic carbocycles. The molecule has 5 atom stereocenters. The molecule has 2 saturated carbocycles. The molecule has 3 aliphatic rings. The van der Waals surface area contributed by atoms with Gasteiger partial charge in [0.2, 0.25) is 5.91 Å². The first-order valence-electron chi connectivity index (χ1n) is 14.5. The van der Waals surface area contributed by atoms with Crippen LogP contribution in [0.4, 0.5) is 0 Å². The van der Waals surface area contributed by atoms with Gasteiger partial charge in [0.15, 0.2) is 5.78 Å². The first-order chi connectivity index (χ1) is 19.9. The quantitative estimate of drug-likeness (QED) is 0.365. The van der Waals surface area contributed by atoms with Crippen LogP contribution < -0.4 is 10.1 Å². The zero-order chi connectivity index (χ0) is 28.5. The van der Waals surface area contributed by atoms with Crippen LogP contribution in [0.1, 0.15) is 55.4 Å². The maximum Gasteiger partial charge on any atom is 0.271 e. The van der Waals surface area contributed by atoms with Gasteiger partial charge < -0.3 is 25.0 Å². The van der Waals surface area contributed by atoms with E-state index in [4.69, 9.17) is 4.74 Å². The molecule has 3 aromatic rings. The molecule has 6 rings (SSSR count). The summed E-state index contributed by atoms with van der Waals surface area (Å²) in [6.07, 6.45) is 4.88. The van der Waals surface area contributed by atoms with Gasteiger partial charge in [-0.1, -0.05) is 30.7 Å². The maximum absolute atomic E-state index is 14.0. The smallest absolute Gasteiger partial charge is 0.271 e. The summed E-state index contributed by atoms with van der Waals surface area (Å²) in [6.45, 7) is -0.252. The van der Waals surface area contributed by atoms with E-state index in [0.29, 0.717) is 36.6 Å². The van der Waals surface area contributed by atoms with E-state index < -0.39 is 30.4 Å². The maximum atomic E-state index is 14.0. The van der Waals surface area contributed by atoms with Crippen molar-refractivity contribution in [2.24, 2.45) is 17.8 Å². The Hall–Kier alpha value is -3.98. The Bertz CT molecular complexity index is 1470. The Morgan fingerprint density at radius 2 is 1.88 bits per heavy atom. The Balaban J connectivity index is 1.25. The molecule has 0 bridgehead atoms. The second-order valence-corrected chi connectivity index (χ2v) is 11.5. The van der Waals surface area contributed by atoms with Crippen LogP contribution in [0.15, 0.2) is 54.6 Å². The number of hydrogen-bond acceptors (Lipinski definition) is 6. The van der Waals surface area contributed by atoms with Crippen molar-refractivity contribution in [1.82, 2.24) is 15.2 Å². The summed E-state index contributed by atoms with van der Waals surface area (Å²) in [5, 5.41) is 13.2. The standard InChI is InChI=1S/C32H35N3O6/c36-18-28(38)25(15-19-7-5-13-27(19)37)34-31(39)30-22-11-4-8-20(22)17-35(30)32(40)26-16-23-24(33-26)12-6-14-29(23)41-21-9-2-1-3-10-21/h1-3,6,9-10,12,14,16,19-20,22,25,30,33,36H,4-5,7-8,11,13,15,17-18H2,(H,34,39)/t19-,20-,22-,25-,30-/m0/s1. The number of aliphatic hydroxyl groups excluding tert-OH is 1. The molecular formula is C32H35N3O6. The monoisotopic (exact) mass is 557 g/mol. The molecule has 1 aromatic heterocycles. The van der Waals surface area contributed by atoms with Crippen LogP contribution in [0, 0.1) is 17.8 Å². The van der Waals surface area contributed by atoms with Crippen LogP contribution in [-0.4, -0.2) is 63.6 Å². The number of hydrogen-bond donors (Lipinski definition) is 3. The van der Waals surface area contributed by atoms with E-state index in [2.05, 4.69) is 10.3 Å². The van der Waals surface area contributed by atoms with E-state index in [1.54, 1.807) is 11.0 Å². The summed E-state index contributed by atoms with van der Waals surface area (Å²) < 4.78 is 6.08. The molecule has 0 unspecified atom stereocenters. The average molecular weight is 558 g/mol. The number of benzene rings is 2. The third kappa shape index (κ3) is 5.38. The largest absolute Gasteiger partial charge is 0.457 e. The number of para-hydroxylation sites is 1. The minimum absolute atomic E-state index is 0.00158. The minimum atomic E-state index is -0.956. The molecule has 9 heteroatoms. The van der Waals surface area contributed by atoms with Gasteiger partial charge in [0.05, 0.1) is 6.04 Å². The van der Waals surface area contributed by atoms with E-state index in [-0.39, 0.29) is 35.9 Å². The fourth-order valence-corrected chi connectivity index (χ4v) is 7.01. The number of fused-ring (bicyclic) bond motifs is 2. The summed E-state index contributed by atoms with van der Waals surface area (Å²) in [6, 6.07) is 15.1. The van der Waals surface area contributed by atoms with Gasteiger partial charge in [-0.15, -0.1) is 0 Å². The van der Waals surface area contributed by atoms with Crippen LogP contribution in [-0.2, 0) is 14.4 Å². The van der Waals surface area contributed by atoms with Crippen LogP contribution >= 0.6 is 0 Å². The summed E-state index contributed by atoms with van der Waals surface area (Å²) in [4.78, 5) is 57.5. The minimum Gasteiger partial charge on any atom is -0.457 e. The van der Waals surface area contributed by atoms with Crippen LogP contribution in [0.5, 0.6) is 11.5 Å². The molecule has 0 radical (unpaired) electrons. The summed E-state index contributed by atoms with van der Waals surface area (Å²) in [5.41, 5.74) is 1.11. The molecule has 2 amide bonds. The number of amides is 2. The van der Waals surface area contributed by atoms with Gasteiger partial charge in [0, 0.05) is 29.8 Å². The molecule has 1 aliphatic heterocycles. The molecule has 0 spiro atoms. The molecule has 2 heterocycles. The topological polar surface area (TPSA) is 129 Å². The SMILES string of the molecule is O=C1CCC[C@H]1C[C@H](NC(=O)[C@@H]1[C@H]2CCC[C@H]2CN1C(=O)c1cc2c(Oc3ccccc3)cccc2[nH]1)C(=O)CO. The number of aromatic nitrogens is 1. The molecule has 214 valence electrons. The average Bonchev–Trinajstić information content (AvgIpc) is 3.77. The third-order valence-electron chi connectivity index (χ3n) is 9.06. The normalized spacial score (nSPS) is 24.4. The second kappa shape index (κ2) is 11.5. The second-order valence-electron chi connectivity index (χ2n) is 11.5. The van der Waals surface area contributed by atoms with Crippen molar-refractivity contribution < 1.29 is 29.0 Å². The van der Waals surface area contributed by atoms with E-state index in [0.717, 1.165) is 36.6 Å². The van der Waals surface area contributed by atoms with Crippen molar-refractivity contribution in [3.05, 3.63) is 60.3 Å². The highest BCUT2D eigenvalue weighted by atomic mass is 16.5. The first-order valence-corrected chi connectivity index (χ1v) is 14.5. The highest BCUT2D eigenvalue weighted by Gasteiger charge is 2.50. The number of aliphatic hydroxyl groups is 1. The number of aromatic amines is 1. The molecule has 2 aromatic carbocycles. The van der Waals surface area contributed by atoms with E-state index in [1.807, 2.05) is 48.5 Å². The van der Waals surface area contributed by atoms with Crippen molar-refractivity contribution in [1.29, 1.82) is 0 Å². The highest BCUT2D eigenvalue weighted by Crippen LogP contribution is 2.43. The lowest BCUT2D eigenvalue weighted by molar-refractivity contribution is -0.133. The van der Waals surface area contributed by atoms with Crippen LogP contribution in [0.3, 0.4) is 0 Å². The first kappa shape index (κ1) is 27.2. The van der Waals surface area contributed by atoms with Crippen molar-refractivity contribution in [2.75, 3.05) is 13.2 Å². The van der Waals surface area contributed by atoms with Gasteiger partial charge in [0.1, 0.15) is 35.6 Å². The number of nitrogens with zero attached hydrogens (tertiary/aromatic N) is 1. The number of H-pyrrole nitrogens is 1. The highest BCUT2D eigenvalue weighted by molar-refractivity contribution is 6.02. The number of ketones is 2. The van der Waals surface area contributed by atoms with Gasteiger partial charge >= 0.3 is 0 Å².